The summed E-state index contributed by atoms with van der Waals surface area (Å²) in [5.74, 6) is 0. The Morgan fingerprint density at radius 2 is 1.00 bits per heavy atom. The van der Waals surface area contributed by atoms with Gasteiger partial charge in [0, 0.05) is 0 Å². The molecule has 0 aromatic rings. The van der Waals surface area contributed by atoms with E-state index in [0.717, 1.165) is 0 Å². The first-order valence-corrected chi connectivity index (χ1v) is 9.71. The average Bonchev–Trinajstić information content (AvgIpc) is 2.46. The van der Waals surface area contributed by atoms with E-state index in [-0.39, 0.29) is 17.0 Å². The molecule has 0 aliphatic heterocycles. The van der Waals surface area contributed by atoms with E-state index in [0.29, 0.717) is 0 Å². The summed E-state index contributed by atoms with van der Waals surface area (Å²) in [6, 6.07) is 0. The van der Waals surface area contributed by atoms with Gasteiger partial charge in [-0.1, -0.05) is 70.4 Å². The van der Waals surface area contributed by atoms with Gasteiger partial charge in [0.15, 0.2) is 0 Å². The molecule has 2 heteroatoms. The summed E-state index contributed by atoms with van der Waals surface area (Å²) in [7, 11) is 4.50. The number of hydrogen-bond donors (Lipinski definition) is 1. The van der Waals surface area contributed by atoms with Gasteiger partial charge < -0.3 is 21.9 Å². The number of nitrogens with one attached hydrogen (secondary N) is 1. The Bertz CT molecular complexity index is 214. The van der Waals surface area contributed by atoms with Crippen LogP contribution in [0.2, 0.25) is 0 Å². The van der Waals surface area contributed by atoms with E-state index in [4.69, 9.17) is 0 Å². The van der Waals surface area contributed by atoms with Crippen LogP contribution in [-0.4, -0.2) is 20.6 Å². The van der Waals surface area contributed by atoms with Crippen LogP contribution in [0.25, 0.3) is 0 Å². The van der Waals surface area contributed by atoms with Crippen molar-refractivity contribution in [1.82, 2.24) is 0 Å². The van der Waals surface area contributed by atoms with Gasteiger partial charge in [-0.3, -0.25) is 0 Å². The number of hydrogen-bond acceptors (Lipinski definition) is 0. The second-order valence-corrected chi connectivity index (χ2v) is 6.89. The lowest BCUT2D eigenvalue weighted by Gasteiger charge is -2.06. The summed E-state index contributed by atoms with van der Waals surface area (Å²) < 4.78 is 0. The molecule has 22 heavy (non-hydrogen) atoms. The normalized spacial score (nSPS) is 11.3. The van der Waals surface area contributed by atoms with E-state index in [1.54, 1.807) is 4.90 Å². The molecule has 0 aromatic carbocycles. The fourth-order valence-electron chi connectivity index (χ4n) is 2.73. The summed E-state index contributed by atoms with van der Waals surface area (Å²) in [4.78, 5) is 1.59. The van der Waals surface area contributed by atoms with Gasteiger partial charge >= 0.3 is 0 Å². The van der Waals surface area contributed by atoms with Gasteiger partial charge in [-0.15, -0.1) is 0 Å². The van der Waals surface area contributed by atoms with Gasteiger partial charge in [-0.05, 0) is 38.5 Å². The molecule has 0 unspecified atom stereocenters. The zero-order valence-electron chi connectivity index (χ0n) is 15.6. The Kier molecular flexibility index (Phi) is 23.5. The van der Waals surface area contributed by atoms with Crippen LogP contribution in [-0.2, 0) is 0 Å². The maximum Gasteiger partial charge on any atom is 0.0766 e. The summed E-state index contributed by atoms with van der Waals surface area (Å²) in [5, 5.41) is 0. The molecule has 0 heterocycles. The molecule has 0 spiro atoms. The first kappa shape index (κ1) is 24.4. The Labute approximate surface area is 151 Å². The van der Waals surface area contributed by atoms with Crippen molar-refractivity contribution in [3.63, 3.8) is 0 Å². The monoisotopic (exact) mass is 375 g/mol. The molecule has 0 atom stereocenters. The lowest BCUT2D eigenvalue weighted by molar-refractivity contribution is -0.858. The van der Waals surface area contributed by atoms with Crippen molar-refractivity contribution in [2.24, 2.45) is 0 Å². The molecule has 134 valence electrons. The van der Waals surface area contributed by atoms with Crippen molar-refractivity contribution in [3.05, 3.63) is 12.2 Å². The summed E-state index contributed by atoms with van der Waals surface area (Å²) in [6.45, 7) is 3.62. The third-order valence-electron chi connectivity index (χ3n) is 4.19. The van der Waals surface area contributed by atoms with E-state index in [9.17, 15) is 0 Å². The molecule has 0 rings (SSSR count). The van der Waals surface area contributed by atoms with Crippen molar-refractivity contribution >= 4 is 0 Å². The Balaban J connectivity index is 0. The molecule has 0 fully saturated rings. The third kappa shape index (κ3) is 22.5. The smallest absolute Gasteiger partial charge is 0.0766 e. The molecule has 0 amide bonds. The van der Waals surface area contributed by atoms with Gasteiger partial charge in [-0.2, -0.15) is 0 Å². The standard InChI is InChI=1S/C20H41N.BrH/c1-4-5-6-7-8-9-10-11-12-13-14-15-16-17-18-19-20-21(2)3;/h11-12H,4-10,13-20H2,1-3H3;1H/b12-11-;. The molecular weight excluding hydrogens is 334 g/mol. The number of quaternary nitrogens is 1. The lowest BCUT2D eigenvalue weighted by atomic mass is 10.1. The summed E-state index contributed by atoms with van der Waals surface area (Å²) in [6.07, 6.45) is 24.5. The SMILES string of the molecule is CCCCCCCC/C=C\CCCCCCCC[NH+](C)C.[Br-]. The first-order chi connectivity index (χ1) is 10.3. The second kappa shape index (κ2) is 21.2. The molecule has 0 radical (unpaired) electrons. The van der Waals surface area contributed by atoms with E-state index in [1.165, 1.54) is 96.4 Å². The largest absolute Gasteiger partial charge is 1.00 e. The van der Waals surface area contributed by atoms with Crippen molar-refractivity contribution in [2.45, 2.75) is 96.8 Å². The van der Waals surface area contributed by atoms with Crippen molar-refractivity contribution in [1.29, 1.82) is 0 Å². The molecule has 1 N–H and O–H groups in total. The van der Waals surface area contributed by atoms with Crippen LogP contribution in [0.3, 0.4) is 0 Å². The van der Waals surface area contributed by atoms with Crippen LogP contribution >= 0.6 is 0 Å². The molecule has 0 aliphatic rings. The van der Waals surface area contributed by atoms with E-state index < -0.39 is 0 Å². The van der Waals surface area contributed by atoms with Gasteiger partial charge in [0.1, 0.15) is 0 Å². The van der Waals surface area contributed by atoms with Crippen LogP contribution in [0.5, 0.6) is 0 Å². The van der Waals surface area contributed by atoms with Crippen LogP contribution in [0.1, 0.15) is 96.8 Å². The molecule has 0 aromatic heterocycles. The van der Waals surface area contributed by atoms with Gasteiger partial charge in [0.25, 0.3) is 0 Å². The predicted octanol–water partition coefficient (Wildman–Crippen LogP) is 2.17. The highest BCUT2D eigenvalue weighted by molar-refractivity contribution is 4.81. The fraction of sp³-hybridized carbons (Fsp3) is 0.900. The minimum absolute atomic E-state index is 0. The van der Waals surface area contributed by atoms with Gasteiger partial charge in [0.05, 0.1) is 20.6 Å². The van der Waals surface area contributed by atoms with Crippen LogP contribution in [0, 0.1) is 0 Å². The number of rotatable bonds is 16. The first-order valence-electron chi connectivity index (χ1n) is 9.71. The lowest BCUT2D eigenvalue weighted by Crippen LogP contribution is -3.05. The third-order valence-corrected chi connectivity index (χ3v) is 4.19. The van der Waals surface area contributed by atoms with E-state index in [2.05, 4.69) is 33.2 Å². The molecule has 0 saturated heterocycles. The number of unbranched alkanes of at least 4 members (excludes halogenated alkanes) is 12. The molecule has 1 nitrogen and oxygen atoms in total. The Hall–Kier alpha value is 0.180. The highest BCUT2D eigenvalue weighted by atomic mass is 79.9. The molecule has 0 bridgehead atoms. The fourth-order valence-corrected chi connectivity index (χ4v) is 2.73. The predicted molar refractivity (Wildman–Crippen MR) is 97.1 cm³/mol. The van der Waals surface area contributed by atoms with Crippen molar-refractivity contribution in [2.75, 3.05) is 20.6 Å². The quantitative estimate of drug-likeness (QED) is 0.311. The zero-order valence-corrected chi connectivity index (χ0v) is 17.2. The van der Waals surface area contributed by atoms with Crippen molar-refractivity contribution < 1.29 is 21.9 Å². The maximum atomic E-state index is 2.42. The van der Waals surface area contributed by atoms with Crippen molar-refractivity contribution in [3.8, 4) is 0 Å². The maximum absolute atomic E-state index is 2.42. The second-order valence-electron chi connectivity index (χ2n) is 6.89. The highest BCUT2D eigenvalue weighted by Crippen LogP contribution is 2.09. The Morgan fingerprint density at radius 3 is 1.45 bits per heavy atom. The highest BCUT2D eigenvalue weighted by Gasteiger charge is 1.94. The topological polar surface area (TPSA) is 4.44 Å². The molecular formula is C20H42BrN. The summed E-state index contributed by atoms with van der Waals surface area (Å²) >= 11 is 0. The van der Waals surface area contributed by atoms with Crippen LogP contribution in [0.4, 0.5) is 0 Å². The minimum atomic E-state index is 0. The van der Waals surface area contributed by atoms with Crippen LogP contribution < -0.4 is 21.9 Å². The molecule has 0 aliphatic carbocycles. The minimum Gasteiger partial charge on any atom is -1.00 e. The van der Waals surface area contributed by atoms with Gasteiger partial charge in [-0.25, -0.2) is 0 Å². The van der Waals surface area contributed by atoms with Crippen LogP contribution in [0.15, 0.2) is 12.2 Å². The average molecular weight is 376 g/mol. The zero-order chi connectivity index (χ0) is 15.6. The molecule has 0 saturated carbocycles. The number of allylic oxidation sites excluding steroid dienone is 2. The number of halogens is 1. The van der Waals surface area contributed by atoms with Gasteiger partial charge in [0.2, 0.25) is 0 Å². The Morgan fingerprint density at radius 1 is 0.591 bits per heavy atom. The van der Waals surface area contributed by atoms with E-state index >= 15 is 0 Å². The van der Waals surface area contributed by atoms with E-state index in [1.807, 2.05) is 0 Å². The summed E-state index contributed by atoms with van der Waals surface area (Å²) in [5.41, 5.74) is 0.